The molecule has 6 heteroatoms. The Bertz CT molecular complexity index is 1490. The van der Waals surface area contributed by atoms with Crippen LogP contribution in [0.5, 0.6) is 11.5 Å². The zero-order valence-electron chi connectivity index (χ0n) is 20.5. The number of aromatic nitrogens is 1. The number of ether oxygens (including phenoxy) is 2. The number of methoxy groups -OCH3 is 1. The summed E-state index contributed by atoms with van der Waals surface area (Å²) in [6.45, 7) is 0.571. The third-order valence-corrected chi connectivity index (χ3v) is 8.11. The average Bonchev–Trinajstić information content (AvgIpc) is 3.32. The summed E-state index contributed by atoms with van der Waals surface area (Å²) in [6.07, 6.45) is 8.00. The zero-order valence-corrected chi connectivity index (χ0v) is 21.3. The van der Waals surface area contributed by atoms with Crippen LogP contribution in [0.4, 0.5) is 0 Å². The van der Waals surface area contributed by atoms with E-state index in [0.29, 0.717) is 6.54 Å². The predicted octanol–water partition coefficient (Wildman–Crippen LogP) is 6.34. The first kappa shape index (κ1) is 23.5. The summed E-state index contributed by atoms with van der Waals surface area (Å²) in [5, 5.41) is 4.40. The van der Waals surface area contributed by atoms with Crippen LogP contribution in [0.15, 0.2) is 102 Å². The van der Waals surface area contributed by atoms with Crippen molar-refractivity contribution in [3.63, 3.8) is 0 Å². The number of nitrogens with one attached hydrogen (secondary N) is 2. The van der Waals surface area contributed by atoms with E-state index in [-0.39, 0.29) is 23.8 Å². The highest BCUT2D eigenvalue weighted by Gasteiger charge is 2.40. The van der Waals surface area contributed by atoms with Crippen molar-refractivity contribution in [1.29, 1.82) is 0 Å². The van der Waals surface area contributed by atoms with Crippen LogP contribution in [0.3, 0.4) is 0 Å². The second-order valence-corrected chi connectivity index (χ2v) is 10.3. The summed E-state index contributed by atoms with van der Waals surface area (Å²) in [5.74, 6) is 2.14. The molecule has 0 spiro atoms. The SMILES string of the molecule is COc1ccc(-c2[nH]c3ccccc3c2SCCNC(=O)[C@@H]2c3ccccc3O[C@@H]3C=CC=C[C@H]23)cc1. The van der Waals surface area contributed by atoms with Crippen LogP contribution in [-0.2, 0) is 4.79 Å². The normalized spacial score (nSPS) is 19.6. The van der Waals surface area contributed by atoms with Gasteiger partial charge in [-0.15, -0.1) is 11.8 Å². The largest absolute Gasteiger partial charge is 0.497 e. The third-order valence-electron chi connectivity index (χ3n) is 6.99. The number of carbonyl (C=O) groups is 1. The van der Waals surface area contributed by atoms with Gasteiger partial charge in [-0.2, -0.15) is 0 Å². The van der Waals surface area contributed by atoms with E-state index in [0.717, 1.165) is 39.6 Å². The average molecular weight is 509 g/mol. The predicted molar refractivity (Wildman–Crippen MR) is 149 cm³/mol. The van der Waals surface area contributed by atoms with Crippen LogP contribution in [0.25, 0.3) is 22.2 Å². The van der Waals surface area contributed by atoms with Gasteiger partial charge in [0.05, 0.1) is 18.7 Å². The van der Waals surface area contributed by atoms with E-state index in [2.05, 4.69) is 46.7 Å². The molecule has 2 N–H and O–H groups in total. The molecular weight excluding hydrogens is 480 g/mol. The summed E-state index contributed by atoms with van der Waals surface area (Å²) >= 11 is 1.76. The molecule has 3 atom stereocenters. The maximum atomic E-state index is 13.5. The van der Waals surface area contributed by atoms with Gasteiger partial charge in [-0.25, -0.2) is 0 Å². The number of hydrogen-bond donors (Lipinski definition) is 2. The van der Waals surface area contributed by atoms with Crippen molar-refractivity contribution in [3.05, 3.63) is 103 Å². The summed E-state index contributed by atoms with van der Waals surface area (Å²) < 4.78 is 11.5. The van der Waals surface area contributed by atoms with E-state index in [1.165, 1.54) is 10.3 Å². The third kappa shape index (κ3) is 4.53. The van der Waals surface area contributed by atoms with Crippen molar-refractivity contribution in [2.24, 2.45) is 5.92 Å². The molecule has 0 saturated heterocycles. The molecule has 0 fully saturated rings. The van der Waals surface area contributed by atoms with Gasteiger partial charge in [0, 0.05) is 39.6 Å². The number of fused-ring (bicyclic) bond motifs is 3. The number of rotatable bonds is 7. The molecule has 1 aromatic heterocycles. The number of hydrogen-bond acceptors (Lipinski definition) is 4. The van der Waals surface area contributed by atoms with E-state index in [4.69, 9.17) is 9.47 Å². The molecule has 2 aliphatic rings. The van der Waals surface area contributed by atoms with Gasteiger partial charge in [-0.1, -0.05) is 54.6 Å². The number of para-hydroxylation sites is 2. The number of H-pyrrole nitrogens is 1. The molecule has 5 nitrogen and oxygen atoms in total. The first-order chi connectivity index (χ1) is 18.2. The van der Waals surface area contributed by atoms with Crippen LogP contribution in [-0.4, -0.2) is 36.4 Å². The van der Waals surface area contributed by atoms with E-state index < -0.39 is 0 Å². The zero-order chi connectivity index (χ0) is 25.2. The van der Waals surface area contributed by atoms with Gasteiger partial charge >= 0.3 is 0 Å². The Labute approximate surface area is 220 Å². The molecule has 186 valence electrons. The molecule has 0 radical (unpaired) electrons. The van der Waals surface area contributed by atoms with Gasteiger partial charge in [0.2, 0.25) is 5.91 Å². The summed E-state index contributed by atoms with van der Waals surface area (Å²) in [6, 6.07) is 24.3. The first-order valence-electron chi connectivity index (χ1n) is 12.5. The van der Waals surface area contributed by atoms with Gasteiger partial charge in [0.25, 0.3) is 0 Å². The molecule has 3 aromatic carbocycles. The maximum absolute atomic E-state index is 13.5. The monoisotopic (exact) mass is 508 g/mol. The van der Waals surface area contributed by atoms with Crippen LogP contribution >= 0.6 is 11.8 Å². The topological polar surface area (TPSA) is 63.3 Å². The van der Waals surface area contributed by atoms with Crippen LogP contribution < -0.4 is 14.8 Å². The molecule has 1 aliphatic carbocycles. The lowest BCUT2D eigenvalue weighted by atomic mass is 9.77. The second kappa shape index (κ2) is 10.2. The standard InChI is InChI=1S/C31H28N2O3S/c1-35-21-16-14-20(15-17-21)29-30(22-8-2-5-11-25(22)33-29)37-19-18-32-31(34)28-23-9-3-6-12-26(23)36-27-13-7-4-10-24(27)28/h2-17,23,26,28,33H,18-19H2,1H3,(H,32,34)/t23-,26+,28-/m0/s1. The second-order valence-electron chi connectivity index (χ2n) is 9.19. The van der Waals surface area contributed by atoms with Crippen molar-refractivity contribution >= 4 is 28.6 Å². The van der Waals surface area contributed by atoms with Gasteiger partial charge in [-0.05, 0) is 48.0 Å². The lowest BCUT2D eigenvalue weighted by molar-refractivity contribution is -0.124. The molecule has 4 aromatic rings. The van der Waals surface area contributed by atoms with E-state index in [1.807, 2.05) is 60.7 Å². The quantitative estimate of drug-likeness (QED) is 0.226. The fourth-order valence-electron chi connectivity index (χ4n) is 5.20. The number of carbonyl (C=O) groups excluding carboxylic acids is 1. The Balaban J connectivity index is 1.18. The number of benzene rings is 3. The Morgan fingerprint density at radius 3 is 2.65 bits per heavy atom. The fourth-order valence-corrected chi connectivity index (χ4v) is 6.26. The van der Waals surface area contributed by atoms with Crippen LogP contribution in [0, 0.1) is 5.92 Å². The number of amides is 1. The number of allylic oxidation sites excluding steroid dienone is 2. The van der Waals surface area contributed by atoms with Gasteiger partial charge in [0.1, 0.15) is 17.6 Å². The molecule has 1 aliphatic heterocycles. The first-order valence-corrected chi connectivity index (χ1v) is 13.5. The molecule has 37 heavy (non-hydrogen) atoms. The molecule has 6 rings (SSSR count). The summed E-state index contributed by atoms with van der Waals surface area (Å²) in [4.78, 5) is 18.3. The van der Waals surface area contributed by atoms with Gasteiger partial charge in [-0.3, -0.25) is 4.79 Å². The summed E-state index contributed by atoms with van der Waals surface area (Å²) in [5.41, 5.74) is 4.24. The fraction of sp³-hybridized carbons (Fsp3) is 0.194. The molecule has 1 amide bonds. The Hall–Kier alpha value is -3.90. The van der Waals surface area contributed by atoms with Crippen molar-refractivity contribution < 1.29 is 14.3 Å². The van der Waals surface area contributed by atoms with E-state index >= 15 is 0 Å². The van der Waals surface area contributed by atoms with Crippen molar-refractivity contribution in [2.45, 2.75) is 16.9 Å². The highest BCUT2D eigenvalue weighted by atomic mass is 32.2. The van der Waals surface area contributed by atoms with Crippen LogP contribution in [0.2, 0.25) is 0 Å². The molecule has 0 bridgehead atoms. The van der Waals surface area contributed by atoms with Crippen molar-refractivity contribution in [2.75, 3.05) is 19.4 Å². The lowest BCUT2D eigenvalue weighted by Gasteiger charge is -2.37. The van der Waals surface area contributed by atoms with E-state index in [9.17, 15) is 4.79 Å². The Kier molecular flexibility index (Phi) is 6.49. The minimum atomic E-state index is -0.274. The van der Waals surface area contributed by atoms with Gasteiger partial charge < -0.3 is 19.8 Å². The molecule has 0 saturated carbocycles. The lowest BCUT2D eigenvalue weighted by Crippen LogP contribution is -2.42. The number of aromatic amines is 1. The summed E-state index contributed by atoms with van der Waals surface area (Å²) in [7, 11) is 1.67. The number of thioether (sulfide) groups is 1. The molecular formula is C31H28N2O3S. The minimum Gasteiger partial charge on any atom is -0.497 e. The van der Waals surface area contributed by atoms with E-state index in [1.54, 1.807) is 18.9 Å². The van der Waals surface area contributed by atoms with Crippen LogP contribution in [0.1, 0.15) is 11.5 Å². The Morgan fingerprint density at radius 2 is 1.78 bits per heavy atom. The minimum absolute atomic E-state index is 0.0113. The highest BCUT2D eigenvalue weighted by Crippen LogP contribution is 2.42. The maximum Gasteiger partial charge on any atom is 0.228 e. The van der Waals surface area contributed by atoms with Crippen molar-refractivity contribution in [1.82, 2.24) is 10.3 Å². The molecule has 0 unspecified atom stereocenters. The van der Waals surface area contributed by atoms with Crippen molar-refractivity contribution in [3.8, 4) is 22.8 Å². The smallest absolute Gasteiger partial charge is 0.228 e. The molecule has 2 heterocycles. The van der Waals surface area contributed by atoms with Gasteiger partial charge in [0.15, 0.2) is 0 Å². The highest BCUT2D eigenvalue weighted by molar-refractivity contribution is 7.99. The Morgan fingerprint density at radius 1 is 1.00 bits per heavy atom.